The summed E-state index contributed by atoms with van der Waals surface area (Å²) in [5, 5.41) is 3.10. The third-order valence-electron chi connectivity index (χ3n) is 7.82. The number of hydrogen-bond donors (Lipinski definition) is 1. The van der Waals surface area contributed by atoms with Crippen molar-refractivity contribution in [3.63, 3.8) is 0 Å². The van der Waals surface area contributed by atoms with Crippen LogP contribution in [0.25, 0.3) is 0 Å². The van der Waals surface area contributed by atoms with E-state index in [0.717, 1.165) is 37.0 Å². The average Bonchev–Trinajstić information content (AvgIpc) is 3.26. The highest BCUT2D eigenvalue weighted by molar-refractivity contribution is 5.87. The number of morpholine rings is 1. The molecule has 0 bridgehead atoms. The van der Waals surface area contributed by atoms with Gasteiger partial charge in [0.15, 0.2) is 0 Å². The van der Waals surface area contributed by atoms with Crippen LogP contribution in [-0.2, 0) is 28.5 Å². The first-order valence-electron chi connectivity index (χ1n) is 14.0. The van der Waals surface area contributed by atoms with Crippen molar-refractivity contribution in [2.24, 2.45) is 0 Å². The van der Waals surface area contributed by atoms with Crippen molar-refractivity contribution in [1.29, 1.82) is 0 Å². The van der Waals surface area contributed by atoms with Crippen molar-refractivity contribution in [2.45, 2.75) is 82.1 Å². The van der Waals surface area contributed by atoms with Gasteiger partial charge in [0.2, 0.25) is 5.91 Å². The van der Waals surface area contributed by atoms with Gasteiger partial charge in [0.25, 0.3) is 0 Å². The van der Waals surface area contributed by atoms with Gasteiger partial charge in [0.05, 0.1) is 43.6 Å². The van der Waals surface area contributed by atoms with Crippen molar-refractivity contribution in [3.8, 4) is 5.75 Å². The van der Waals surface area contributed by atoms with Gasteiger partial charge in [-0.1, -0.05) is 24.8 Å². The maximum absolute atomic E-state index is 13.1. The maximum atomic E-state index is 13.1. The van der Waals surface area contributed by atoms with E-state index >= 15 is 0 Å². The Kier molecular flexibility index (Phi) is 9.41. The van der Waals surface area contributed by atoms with E-state index in [1.165, 1.54) is 7.11 Å². The third-order valence-corrected chi connectivity index (χ3v) is 7.82. The van der Waals surface area contributed by atoms with E-state index in [2.05, 4.69) is 18.0 Å². The fourth-order valence-corrected chi connectivity index (χ4v) is 5.80. The lowest BCUT2D eigenvalue weighted by atomic mass is 9.82. The second-order valence-electron chi connectivity index (χ2n) is 11.9. The van der Waals surface area contributed by atoms with Crippen LogP contribution in [-0.4, -0.2) is 86.2 Å². The van der Waals surface area contributed by atoms with Gasteiger partial charge in [0, 0.05) is 6.54 Å². The summed E-state index contributed by atoms with van der Waals surface area (Å²) in [6.45, 7) is 10.4. The monoisotopic (exact) mass is 558 g/mol. The van der Waals surface area contributed by atoms with E-state index in [0.29, 0.717) is 25.5 Å². The second-order valence-corrected chi connectivity index (χ2v) is 11.9. The molecule has 1 aliphatic carbocycles. The van der Waals surface area contributed by atoms with Crippen LogP contribution in [0, 0.1) is 0 Å². The number of nitrogens with zero attached hydrogens (tertiary/aromatic N) is 1. The van der Waals surface area contributed by atoms with Crippen LogP contribution >= 0.6 is 0 Å². The van der Waals surface area contributed by atoms with Gasteiger partial charge in [-0.2, -0.15) is 0 Å². The molecule has 2 atom stereocenters. The molecule has 1 aromatic rings. The summed E-state index contributed by atoms with van der Waals surface area (Å²) in [7, 11) is 1.32. The Morgan fingerprint density at radius 2 is 1.90 bits per heavy atom. The Hall–Kier alpha value is -3.11. The molecular formula is C30H42N2O8. The van der Waals surface area contributed by atoms with Crippen LogP contribution in [0.1, 0.15) is 64.4 Å². The Morgan fingerprint density at radius 3 is 2.58 bits per heavy atom. The van der Waals surface area contributed by atoms with Crippen molar-refractivity contribution < 1.29 is 38.1 Å². The number of rotatable bonds is 8. The quantitative estimate of drug-likeness (QED) is 0.380. The summed E-state index contributed by atoms with van der Waals surface area (Å²) in [5.74, 6) is 0.373. The molecule has 0 aromatic heterocycles. The molecule has 2 unspecified atom stereocenters. The smallest absolute Gasteiger partial charge is 0.410 e. The summed E-state index contributed by atoms with van der Waals surface area (Å²) in [6, 6.07) is 7.49. The number of amides is 2. The lowest BCUT2D eigenvalue weighted by Crippen LogP contribution is -2.65. The van der Waals surface area contributed by atoms with Gasteiger partial charge in [-0.15, -0.1) is 0 Å². The number of esters is 1. The molecule has 2 heterocycles. The highest BCUT2D eigenvalue weighted by Gasteiger charge is 2.53. The van der Waals surface area contributed by atoms with E-state index in [1.807, 2.05) is 39.0 Å². The largest absolute Gasteiger partial charge is 0.488 e. The van der Waals surface area contributed by atoms with E-state index < -0.39 is 23.2 Å². The predicted octanol–water partition coefficient (Wildman–Crippen LogP) is 3.73. The van der Waals surface area contributed by atoms with Gasteiger partial charge in [-0.05, 0) is 70.4 Å². The molecule has 1 N–H and O–H groups in total. The van der Waals surface area contributed by atoms with E-state index in [4.69, 9.17) is 23.7 Å². The zero-order chi connectivity index (χ0) is 28.9. The second kappa shape index (κ2) is 12.6. The number of methoxy groups -OCH3 is 1. The lowest BCUT2D eigenvalue weighted by Gasteiger charge is -2.41. The fraction of sp³-hybridized carbons (Fsp3) is 0.633. The van der Waals surface area contributed by atoms with Crippen LogP contribution in [0.4, 0.5) is 4.79 Å². The SMILES string of the molecule is C=C(COc1ccccc1C1CCC(OCC2N(C(=O)OC(C)(C)C)CCC23COCC(=O)N3)CC1)C(=O)OC. The van der Waals surface area contributed by atoms with Crippen LogP contribution in [0.3, 0.4) is 0 Å². The Morgan fingerprint density at radius 1 is 1.18 bits per heavy atom. The molecule has 40 heavy (non-hydrogen) atoms. The molecule has 0 radical (unpaired) electrons. The normalized spacial score (nSPS) is 26.8. The lowest BCUT2D eigenvalue weighted by molar-refractivity contribution is -0.138. The highest BCUT2D eigenvalue weighted by Crippen LogP contribution is 2.39. The Labute approximate surface area is 236 Å². The van der Waals surface area contributed by atoms with Gasteiger partial charge < -0.3 is 33.9 Å². The highest BCUT2D eigenvalue weighted by atomic mass is 16.6. The Balaban J connectivity index is 1.37. The minimum atomic E-state index is -0.687. The third kappa shape index (κ3) is 7.14. The zero-order valence-corrected chi connectivity index (χ0v) is 24.0. The van der Waals surface area contributed by atoms with Gasteiger partial charge in [0.1, 0.15) is 24.6 Å². The molecule has 3 aliphatic rings. The number of carbonyl (C=O) groups is 3. The van der Waals surface area contributed by atoms with E-state index in [1.54, 1.807) is 4.90 Å². The summed E-state index contributed by atoms with van der Waals surface area (Å²) < 4.78 is 28.3. The summed E-state index contributed by atoms with van der Waals surface area (Å²) in [5.41, 5.74) is 0.0502. The molecule has 1 saturated carbocycles. The molecule has 4 rings (SSSR count). The Bertz CT molecular complexity index is 1090. The number of para-hydroxylation sites is 1. The van der Waals surface area contributed by atoms with Crippen LogP contribution < -0.4 is 10.1 Å². The zero-order valence-electron chi connectivity index (χ0n) is 24.0. The average molecular weight is 559 g/mol. The predicted molar refractivity (Wildman–Crippen MR) is 147 cm³/mol. The van der Waals surface area contributed by atoms with Crippen LogP contribution in [0.2, 0.25) is 0 Å². The topological polar surface area (TPSA) is 113 Å². The number of benzene rings is 1. The number of hydrogen-bond acceptors (Lipinski definition) is 8. The fourth-order valence-electron chi connectivity index (χ4n) is 5.80. The molecule has 2 amide bonds. The van der Waals surface area contributed by atoms with Crippen LogP contribution in [0.5, 0.6) is 5.75 Å². The number of nitrogens with one attached hydrogen (secondary N) is 1. The molecule has 2 aliphatic heterocycles. The number of carbonyl (C=O) groups excluding carboxylic acids is 3. The first-order valence-corrected chi connectivity index (χ1v) is 14.0. The van der Waals surface area contributed by atoms with E-state index in [-0.39, 0.29) is 43.4 Å². The summed E-state index contributed by atoms with van der Waals surface area (Å²) in [6.07, 6.45) is 3.72. The van der Waals surface area contributed by atoms with Gasteiger partial charge in [-0.25, -0.2) is 9.59 Å². The first-order chi connectivity index (χ1) is 19.0. The molecule has 3 fully saturated rings. The number of likely N-dealkylation sites (tertiary alicyclic amines) is 1. The van der Waals surface area contributed by atoms with Crippen molar-refractivity contribution >= 4 is 18.0 Å². The van der Waals surface area contributed by atoms with E-state index in [9.17, 15) is 14.4 Å². The molecule has 10 nitrogen and oxygen atoms in total. The minimum Gasteiger partial charge on any atom is -0.488 e. The van der Waals surface area contributed by atoms with Crippen molar-refractivity contribution in [1.82, 2.24) is 10.2 Å². The van der Waals surface area contributed by atoms with Gasteiger partial charge in [-0.3, -0.25) is 4.79 Å². The van der Waals surface area contributed by atoms with Crippen LogP contribution in [0.15, 0.2) is 36.4 Å². The molecule has 10 heteroatoms. The molecule has 2 saturated heterocycles. The first kappa shape index (κ1) is 29.9. The molecule has 220 valence electrons. The van der Waals surface area contributed by atoms with Crippen molar-refractivity contribution in [2.75, 3.05) is 40.1 Å². The molecule has 1 spiro atoms. The summed E-state index contributed by atoms with van der Waals surface area (Å²) in [4.78, 5) is 38.7. The molecular weight excluding hydrogens is 516 g/mol. The summed E-state index contributed by atoms with van der Waals surface area (Å²) >= 11 is 0. The van der Waals surface area contributed by atoms with Gasteiger partial charge >= 0.3 is 12.1 Å². The maximum Gasteiger partial charge on any atom is 0.410 e. The van der Waals surface area contributed by atoms with Crippen molar-refractivity contribution in [3.05, 3.63) is 42.0 Å². The standard InChI is InChI=1S/C30H42N2O8/c1-20(27(34)36-5)16-39-24-9-7-6-8-23(24)21-10-12-22(13-11-21)38-17-25-30(19-37-18-26(33)31-30)14-15-32(25)28(35)40-29(2,3)4/h6-9,21-22,25H,1,10-19H2,2-5H3,(H,31,33). The molecule has 1 aromatic carbocycles. The minimum absolute atomic E-state index is 0.0216. The number of ether oxygens (including phenoxy) is 5.